The van der Waals surface area contributed by atoms with Crippen molar-refractivity contribution < 1.29 is 14.0 Å². The van der Waals surface area contributed by atoms with Gasteiger partial charge in [-0.15, -0.1) is 0 Å². The number of aryl methyl sites for hydroxylation is 1. The van der Waals surface area contributed by atoms with Crippen molar-refractivity contribution in [1.29, 1.82) is 0 Å². The number of benzene rings is 4. The van der Waals surface area contributed by atoms with Gasteiger partial charge in [0.15, 0.2) is 6.54 Å². The molecule has 0 radical (unpaired) electrons. The summed E-state index contributed by atoms with van der Waals surface area (Å²) >= 11 is 12.5. The first kappa shape index (κ1) is 34.2. The Morgan fingerprint density at radius 2 is 1.63 bits per heavy atom. The Labute approximate surface area is 317 Å². The number of thiazole rings is 1. The number of halogens is 2. The van der Waals surface area contributed by atoms with Gasteiger partial charge in [0, 0.05) is 35.8 Å². The van der Waals surface area contributed by atoms with Crippen LogP contribution in [0.5, 0.6) is 11.5 Å². The molecule has 248 valence electrons. The third-order valence-corrected chi connectivity index (χ3v) is 12.3. The van der Waals surface area contributed by atoms with E-state index in [1.165, 1.54) is 46.2 Å². The first-order valence-electron chi connectivity index (χ1n) is 16.2. The van der Waals surface area contributed by atoms with Crippen LogP contribution in [0.3, 0.4) is 0 Å². The zero-order valence-electron chi connectivity index (χ0n) is 27.0. The molecule has 1 aliphatic carbocycles. The number of nitrogens with zero attached hydrogens (tertiary/aromatic N) is 2. The summed E-state index contributed by atoms with van der Waals surface area (Å²) in [6.45, 7) is 4.78. The van der Waals surface area contributed by atoms with Crippen LogP contribution in [0.4, 0.5) is 5.69 Å². The van der Waals surface area contributed by atoms with E-state index in [9.17, 15) is 0 Å². The van der Waals surface area contributed by atoms with Crippen LogP contribution in [0.25, 0.3) is 16.3 Å². The van der Waals surface area contributed by atoms with Gasteiger partial charge in [0.25, 0.3) is 5.01 Å². The maximum absolute atomic E-state index is 6.20. The minimum atomic E-state index is 0.571. The molecular formula is C40H35Br2N2O2S3+. The van der Waals surface area contributed by atoms with Crippen molar-refractivity contribution in [2.75, 3.05) is 24.7 Å². The molecule has 0 amide bonds. The van der Waals surface area contributed by atoms with Gasteiger partial charge >= 0.3 is 0 Å². The molecule has 2 aliphatic rings. The molecular weight excluding hydrogens is 796 g/mol. The number of anilines is 1. The van der Waals surface area contributed by atoms with Crippen molar-refractivity contribution in [2.24, 2.45) is 0 Å². The van der Waals surface area contributed by atoms with Gasteiger partial charge in [0.1, 0.15) is 29.4 Å². The molecule has 0 spiro atoms. The second-order valence-electron chi connectivity index (χ2n) is 11.6. The second kappa shape index (κ2) is 16.2. The van der Waals surface area contributed by atoms with Crippen molar-refractivity contribution >= 4 is 88.7 Å². The number of aromatic nitrogens is 1. The predicted molar refractivity (Wildman–Crippen MR) is 216 cm³/mol. The van der Waals surface area contributed by atoms with Crippen LogP contribution in [0.2, 0.25) is 0 Å². The molecule has 0 fully saturated rings. The van der Waals surface area contributed by atoms with E-state index < -0.39 is 0 Å². The summed E-state index contributed by atoms with van der Waals surface area (Å²) in [6.07, 6.45) is 13.8. The molecule has 0 saturated heterocycles. The Hall–Kier alpha value is -3.21. The number of hydrogen-bond acceptors (Lipinski definition) is 6. The van der Waals surface area contributed by atoms with Gasteiger partial charge in [0.2, 0.25) is 5.52 Å². The van der Waals surface area contributed by atoms with Crippen LogP contribution in [0.15, 0.2) is 144 Å². The second-order valence-corrected chi connectivity index (χ2v) is 16.7. The molecule has 5 aromatic rings. The zero-order chi connectivity index (χ0) is 33.6. The highest BCUT2D eigenvalue weighted by Crippen LogP contribution is 2.47. The predicted octanol–water partition coefficient (Wildman–Crippen LogP) is 11.9. The van der Waals surface area contributed by atoms with E-state index in [0.717, 1.165) is 46.4 Å². The van der Waals surface area contributed by atoms with Crippen LogP contribution in [0.1, 0.15) is 23.4 Å². The standard InChI is InChI=1S/C40H35Br2N2O2S3/c1-28-11-20-36-38(25-28)49-40(44(36)22-24-46-32-18-14-30(42)15-19-32)27-34(47-33-7-3-2-4-8-33)26-39-43(35-9-5-6-10-37(35)48-39)21-23-45-31-16-12-29(41)13-17-31/h3,5-20,25-27H,2,4,21-24H2,1H3/q+1. The first-order valence-corrected chi connectivity index (χ1v) is 20.2. The molecule has 0 atom stereocenters. The quantitative estimate of drug-likeness (QED) is 0.117. The molecule has 1 aliphatic heterocycles. The van der Waals surface area contributed by atoms with Crippen LogP contribution in [0, 0.1) is 6.92 Å². The van der Waals surface area contributed by atoms with Gasteiger partial charge in [-0.05, 0) is 98.1 Å². The number of ether oxygens (including phenoxy) is 2. The fraction of sp³-hybridized carbons (Fsp3) is 0.175. The average Bonchev–Trinajstić information content (AvgIpc) is 3.63. The summed E-state index contributed by atoms with van der Waals surface area (Å²) in [5.74, 6) is 1.74. The number of allylic oxidation sites excluding steroid dienone is 4. The maximum Gasteiger partial charge on any atom is 0.264 e. The zero-order valence-corrected chi connectivity index (χ0v) is 32.6. The van der Waals surface area contributed by atoms with E-state index in [2.05, 4.69) is 121 Å². The van der Waals surface area contributed by atoms with Gasteiger partial charge in [0.05, 0.1) is 17.3 Å². The Morgan fingerprint density at radius 3 is 2.37 bits per heavy atom. The molecule has 2 heterocycles. The molecule has 4 aromatic carbocycles. The normalized spacial score (nSPS) is 15.2. The molecule has 1 aromatic heterocycles. The molecule has 4 nitrogen and oxygen atoms in total. The molecule has 0 bridgehead atoms. The molecule has 0 saturated carbocycles. The third kappa shape index (κ3) is 8.75. The van der Waals surface area contributed by atoms with Crippen molar-refractivity contribution in [3.05, 3.63) is 150 Å². The monoisotopic (exact) mass is 829 g/mol. The maximum atomic E-state index is 6.20. The highest BCUT2D eigenvalue weighted by molar-refractivity contribution is 9.10. The van der Waals surface area contributed by atoms with Crippen molar-refractivity contribution in [1.82, 2.24) is 0 Å². The van der Waals surface area contributed by atoms with Gasteiger partial charge < -0.3 is 14.4 Å². The molecule has 49 heavy (non-hydrogen) atoms. The summed E-state index contributed by atoms with van der Waals surface area (Å²) in [7, 11) is 0. The molecule has 9 heteroatoms. The summed E-state index contributed by atoms with van der Waals surface area (Å²) in [4.78, 5) is 6.13. The number of rotatable bonds is 12. The van der Waals surface area contributed by atoms with Gasteiger partial charge in [-0.3, -0.25) is 0 Å². The Bertz CT molecular complexity index is 2070. The van der Waals surface area contributed by atoms with Gasteiger partial charge in [-0.25, -0.2) is 0 Å². The smallest absolute Gasteiger partial charge is 0.264 e. The Balaban J connectivity index is 1.22. The lowest BCUT2D eigenvalue weighted by molar-refractivity contribution is -0.669. The van der Waals surface area contributed by atoms with Gasteiger partial charge in [-0.1, -0.05) is 103 Å². The Morgan fingerprint density at radius 1 is 0.898 bits per heavy atom. The topological polar surface area (TPSA) is 25.6 Å². The SMILES string of the molecule is Cc1ccc2c(c1)sc(/C=C(/C=C1\Sc3ccccc3N1CCOc1ccc(Br)cc1)SC1=CCCC=C1)[n+]2CCOc1ccc(Br)cc1. The molecule has 0 unspecified atom stereocenters. The lowest BCUT2D eigenvalue weighted by atomic mass is 10.2. The van der Waals surface area contributed by atoms with Crippen LogP contribution in [-0.4, -0.2) is 19.8 Å². The van der Waals surface area contributed by atoms with Crippen molar-refractivity contribution in [3.8, 4) is 11.5 Å². The minimum absolute atomic E-state index is 0.571. The van der Waals surface area contributed by atoms with E-state index in [4.69, 9.17) is 9.47 Å². The summed E-state index contributed by atoms with van der Waals surface area (Å²) in [6, 6.07) is 31.4. The highest BCUT2D eigenvalue weighted by Gasteiger charge is 2.26. The van der Waals surface area contributed by atoms with Crippen LogP contribution >= 0.6 is 66.7 Å². The molecule has 0 N–H and O–H groups in total. The van der Waals surface area contributed by atoms with E-state index in [1.54, 1.807) is 0 Å². The fourth-order valence-electron chi connectivity index (χ4n) is 5.66. The summed E-state index contributed by atoms with van der Waals surface area (Å²) in [5.41, 5.74) is 3.71. The number of para-hydroxylation sites is 1. The van der Waals surface area contributed by atoms with E-state index >= 15 is 0 Å². The highest BCUT2D eigenvalue weighted by atomic mass is 79.9. The van der Waals surface area contributed by atoms with Crippen LogP contribution < -0.4 is 18.9 Å². The largest absolute Gasteiger partial charge is 0.492 e. The molecule has 7 rings (SSSR count). The van der Waals surface area contributed by atoms with E-state index in [-0.39, 0.29) is 0 Å². The lowest BCUT2D eigenvalue weighted by Crippen LogP contribution is -2.38. The average molecular weight is 832 g/mol. The summed E-state index contributed by atoms with van der Waals surface area (Å²) in [5, 5.41) is 2.40. The number of fused-ring (bicyclic) bond motifs is 2. The lowest BCUT2D eigenvalue weighted by Gasteiger charge is -2.21. The van der Waals surface area contributed by atoms with Crippen LogP contribution in [-0.2, 0) is 6.54 Å². The first-order chi connectivity index (χ1) is 24.0. The van der Waals surface area contributed by atoms with Gasteiger partial charge in [-0.2, -0.15) is 4.57 Å². The van der Waals surface area contributed by atoms with Crippen molar-refractivity contribution in [2.45, 2.75) is 31.2 Å². The van der Waals surface area contributed by atoms with E-state index in [0.29, 0.717) is 13.2 Å². The number of thioether (sulfide) groups is 2. The third-order valence-electron chi connectivity index (χ3n) is 8.05. The Kier molecular flexibility index (Phi) is 11.3. The minimum Gasteiger partial charge on any atom is -0.492 e. The fourth-order valence-corrected chi connectivity index (χ4v) is 9.69. The number of hydrogen-bond donors (Lipinski definition) is 0. The summed E-state index contributed by atoms with van der Waals surface area (Å²) < 4.78 is 18.2. The van der Waals surface area contributed by atoms with Crippen molar-refractivity contribution in [3.63, 3.8) is 0 Å². The van der Waals surface area contributed by atoms with E-state index in [1.807, 2.05) is 83.4 Å².